The lowest BCUT2D eigenvalue weighted by molar-refractivity contribution is 0.479. The maximum atomic E-state index is 5.63. The SMILES string of the molecule is Cc1cnc(CNc2ccnc(Cl)n2)o1. The van der Waals surface area contributed by atoms with E-state index in [1.165, 1.54) is 0 Å². The van der Waals surface area contributed by atoms with Gasteiger partial charge in [0.1, 0.15) is 11.6 Å². The zero-order valence-corrected chi connectivity index (χ0v) is 8.82. The summed E-state index contributed by atoms with van der Waals surface area (Å²) in [6.45, 7) is 2.32. The fourth-order valence-corrected chi connectivity index (χ4v) is 1.23. The molecule has 0 aromatic carbocycles. The Labute approximate surface area is 91.5 Å². The minimum atomic E-state index is 0.212. The summed E-state index contributed by atoms with van der Waals surface area (Å²) in [7, 11) is 0. The minimum absolute atomic E-state index is 0.212. The molecule has 0 saturated carbocycles. The first-order chi connectivity index (χ1) is 7.24. The number of hydrogen-bond donors (Lipinski definition) is 1. The molecule has 0 amide bonds. The van der Waals surface area contributed by atoms with Crippen LogP contribution in [0.2, 0.25) is 5.28 Å². The first-order valence-corrected chi connectivity index (χ1v) is 4.75. The highest BCUT2D eigenvalue weighted by Gasteiger charge is 2.01. The van der Waals surface area contributed by atoms with Gasteiger partial charge in [-0.05, 0) is 24.6 Å². The van der Waals surface area contributed by atoms with E-state index >= 15 is 0 Å². The molecule has 6 heteroatoms. The molecule has 0 aliphatic carbocycles. The first kappa shape index (κ1) is 9.92. The average molecular weight is 225 g/mol. The molecule has 0 saturated heterocycles. The Morgan fingerprint density at radius 1 is 1.47 bits per heavy atom. The fraction of sp³-hybridized carbons (Fsp3) is 0.222. The third kappa shape index (κ3) is 2.66. The Bertz CT molecular complexity index is 457. The third-order valence-corrected chi connectivity index (χ3v) is 1.90. The maximum absolute atomic E-state index is 5.63. The van der Waals surface area contributed by atoms with E-state index in [4.69, 9.17) is 16.0 Å². The first-order valence-electron chi connectivity index (χ1n) is 4.38. The molecule has 0 aliphatic rings. The number of nitrogens with zero attached hydrogens (tertiary/aromatic N) is 3. The number of rotatable bonds is 3. The second-order valence-electron chi connectivity index (χ2n) is 2.93. The lowest BCUT2D eigenvalue weighted by atomic mass is 10.5. The van der Waals surface area contributed by atoms with Crippen LogP contribution in [0.15, 0.2) is 22.9 Å². The van der Waals surface area contributed by atoms with Gasteiger partial charge in [0.05, 0.1) is 12.7 Å². The number of hydrogen-bond acceptors (Lipinski definition) is 5. The molecule has 78 valence electrons. The van der Waals surface area contributed by atoms with Gasteiger partial charge >= 0.3 is 0 Å². The lowest BCUT2D eigenvalue weighted by Crippen LogP contribution is -2.01. The van der Waals surface area contributed by atoms with Crippen LogP contribution in [0.1, 0.15) is 11.7 Å². The van der Waals surface area contributed by atoms with E-state index in [1.54, 1.807) is 18.5 Å². The molecule has 0 bridgehead atoms. The molecule has 0 atom stereocenters. The third-order valence-electron chi connectivity index (χ3n) is 1.72. The van der Waals surface area contributed by atoms with Crippen molar-refractivity contribution < 1.29 is 4.42 Å². The molecule has 0 unspecified atom stereocenters. The highest BCUT2D eigenvalue weighted by Crippen LogP contribution is 2.08. The summed E-state index contributed by atoms with van der Waals surface area (Å²) in [5.41, 5.74) is 0. The van der Waals surface area contributed by atoms with Gasteiger partial charge in [0.2, 0.25) is 11.2 Å². The normalized spacial score (nSPS) is 10.3. The van der Waals surface area contributed by atoms with Gasteiger partial charge in [0.25, 0.3) is 0 Å². The molecule has 2 aromatic heterocycles. The largest absolute Gasteiger partial charge is 0.444 e. The van der Waals surface area contributed by atoms with Gasteiger partial charge in [-0.15, -0.1) is 0 Å². The van der Waals surface area contributed by atoms with E-state index < -0.39 is 0 Å². The van der Waals surface area contributed by atoms with E-state index in [2.05, 4.69) is 20.3 Å². The molecule has 2 rings (SSSR count). The topological polar surface area (TPSA) is 63.8 Å². The molecule has 0 fully saturated rings. The Hall–Kier alpha value is -1.62. The Morgan fingerprint density at radius 2 is 2.33 bits per heavy atom. The van der Waals surface area contributed by atoms with Crippen molar-refractivity contribution in [1.29, 1.82) is 0 Å². The molecule has 5 nitrogen and oxygen atoms in total. The molecular formula is C9H9ClN4O. The quantitative estimate of drug-likeness (QED) is 0.809. The van der Waals surface area contributed by atoms with E-state index in [-0.39, 0.29) is 5.28 Å². The number of aryl methyl sites for hydroxylation is 1. The summed E-state index contributed by atoms with van der Waals surface area (Å²) in [6.07, 6.45) is 3.25. The Kier molecular flexibility index (Phi) is 2.82. The predicted octanol–water partition coefficient (Wildman–Crippen LogP) is 2.04. The second-order valence-corrected chi connectivity index (χ2v) is 3.27. The van der Waals surface area contributed by atoms with Crippen LogP contribution in [0.25, 0.3) is 0 Å². The van der Waals surface area contributed by atoms with Crippen LogP contribution >= 0.6 is 11.6 Å². The summed E-state index contributed by atoms with van der Waals surface area (Å²) in [4.78, 5) is 11.8. The average Bonchev–Trinajstić information content (AvgIpc) is 2.62. The zero-order valence-electron chi connectivity index (χ0n) is 8.07. The monoisotopic (exact) mass is 224 g/mol. The van der Waals surface area contributed by atoms with Crippen molar-refractivity contribution in [3.05, 3.63) is 35.4 Å². The molecule has 1 N–H and O–H groups in total. The molecule has 0 radical (unpaired) electrons. The van der Waals surface area contributed by atoms with Crippen molar-refractivity contribution in [3.63, 3.8) is 0 Å². The van der Waals surface area contributed by atoms with Crippen LogP contribution in [0, 0.1) is 6.92 Å². The molecule has 2 heterocycles. The predicted molar refractivity (Wildman–Crippen MR) is 55.6 cm³/mol. The van der Waals surface area contributed by atoms with Gasteiger partial charge in [-0.1, -0.05) is 0 Å². The molecule has 2 aromatic rings. The Balaban J connectivity index is 1.99. The molecular weight excluding hydrogens is 216 g/mol. The van der Waals surface area contributed by atoms with Crippen molar-refractivity contribution in [3.8, 4) is 0 Å². The molecule has 0 aliphatic heterocycles. The Morgan fingerprint density at radius 3 is 3.00 bits per heavy atom. The van der Waals surface area contributed by atoms with Crippen molar-refractivity contribution >= 4 is 17.4 Å². The number of nitrogens with one attached hydrogen (secondary N) is 1. The zero-order chi connectivity index (χ0) is 10.7. The highest BCUT2D eigenvalue weighted by molar-refractivity contribution is 6.28. The summed E-state index contributed by atoms with van der Waals surface area (Å²) in [6, 6.07) is 1.72. The van der Waals surface area contributed by atoms with Gasteiger partial charge < -0.3 is 9.73 Å². The van der Waals surface area contributed by atoms with Crippen molar-refractivity contribution in [2.75, 3.05) is 5.32 Å². The van der Waals surface area contributed by atoms with Gasteiger partial charge in [0.15, 0.2) is 0 Å². The summed E-state index contributed by atoms with van der Waals surface area (Å²) in [5, 5.41) is 3.23. The summed E-state index contributed by atoms with van der Waals surface area (Å²) >= 11 is 5.63. The van der Waals surface area contributed by atoms with Gasteiger partial charge in [0, 0.05) is 6.20 Å². The van der Waals surface area contributed by atoms with E-state index in [0.717, 1.165) is 5.76 Å². The van der Waals surface area contributed by atoms with Gasteiger partial charge in [-0.3, -0.25) is 0 Å². The minimum Gasteiger partial charge on any atom is -0.444 e. The lowest BCUT2D eigenvalue weighted by Gasteiger charge is -2.01. The molecule has 15 heavy (non-hydrogen) atoms. The highest BCUT2D eigenvalue weighted by atomic mass is 35.5. The van der Waals surface area contributed by atoms with E-state index in [0.29, 0.717) is 18.3 Å². The van der Waals surface area contributed by atoms with Crippen molar-refractivity contribution in [1.82, 2.24) is 15.0 Å². The summed E-state index contributed by atoms with van der Waals surface area (Å²) in [5.74, 6) is 2.04. The van der Waals surface area contributed by atoms with Crippen LogP contribution in [0.5, 0.6) is 0 Å². The van der Waals surface area contributed by atoms with Crippen LogP contribution < -0.4 is 5.32 Å². The van der Waals surface area contributed by atoms with Crippen molar-refractivity contribution in [2.24, 2.45) is 0 Å². The van der Waals surface area contributed by atoms with Crippen molar-refractivity contribution in [2.45, 2.75) is 13.5 Å². The standard InChI is InChI=1S/C9H9ClN4O/c1-6-4-13-8(15-6)5-12-7-2-3-11-9(10)14-7/h2-4H,5H2,1H3,(H,11,12,14). The van der Waals surface area contributed by atoms with E-state index in [9.17, 15) is 0 Å². The number of aromatic nitrogens is 3. The fourth-order valence-electron chi connectivity index (χ4n) is 1.08. The van der Waals surface area contributed by atoms with E-state index in [1.807, 2.05) is 6.92 Å². The maximum Gasteiger partial charge on any atom is 0.224 e. The van der Waals surface area contributed by atoms with Crippen LogP contribution in [-0.4, -0.2) is 15.0 Å². The van der Waals surface area contributed by atoms with Gasteiger partial charge in [-0.2, -0.15) is 0 Å². The number of anilines is 1. The number of halogens is 1. The molecule has 0 spiro atoms. The smallest absolute Gasteiger partial charge is 0.224 e. The van der Waals surface area contributed by atoms with Crippen LogP contribution in [0.4, 0.5) is 5.82 Å². The second kappa shape index (κ2) is 4.27. The van der Waals surface area contributed by atoms with Crippen LogP contribution in [0.3, 0.4) is 0 Å². The van der Waals surface area contributed by atoms with Gasteiger partial charge in [-0.25, -0.2) is 15.0 Å². The number of oxazole rings is 1. The summed E-state index contributed by atoms with van der Waals surface area (Å²) < 4.78 is 5.29. The van der Waals surface area contributed by atoms with Crippen LogP contribution in [-0.2, 0) is 6.54 Å².